The number of carbonyl (C=O) groups is 1. The van der Waals surface area contributed by atoms with Gasteiger partial charge in [0.05, 0.1) is 23.7 Å². The van der Waals surface area contributed by atoms with Crippen molar-refractivity contribution in [2.75, 3.05) is 46.4 Å². The maximum absolute atomic E-state index is 12.9. The lowest BCUT2D eigenvalue weighted by Gasteiger charge is -2.34. The summed E-state index contributed by atoms with van der Waals surface area (Å²) in [6.45, 7) is 6.66. The van der Waals surface area contributed by atoms with Crippen LogP contribution in [-0.4, -0.2) is 77.3 Å². The van der Waals surface area contributed by atoms with Gasteiger partial charge in [-0.15, -0.1) is 0 Å². The fourth-order valence-corrected chi connectivity index (χ4v) is 4.58. The Hall–Kier alpha value is -1.52. The Morgan fingerprint density at radius 2 is 1.93 bits per heavy atom. The number of nitrogens with one attached hydrogen (secondary N) is 2. The number of hydrogen-bond donors (Lipinski definition) is 2. The Morgan fingerprint density at radius 1 is 1.22 bits per heavy atom. The van der Waals surface area contributed by atoms with Crippen molar-refractivity contribution >= 4 is 15.9 Å². The molecule has 1 aromatic carbocycles. The molecule has 1 aliphatic heterocycles. The maximum atomic E-state index is 12.9. The van der Waals surface area contributed by atoms with E-state index in [9.17, 15) is 13.2 Å². The second-order valence-corrected chi connectivity index (χ2v) is 8.54. The molecule has 2 N–H and O–H groups in total. The van der Waals surface area contributed by atoms with Gasteiger partial charge in [-0.05, 0) is 32.0 Å². The number of amides is 1. The highest BCUT2D eigenvalue weighted by Gasteiger charge is 2.32. The quantitative estimate of drug-likeness (QED) is 0.585. The normalized spacial score (nSPS) is 21.1. The summed E-state index contributed by atoms with van der Waals surface area (Å²) in [5, 5.41) is 5.90. The van der Waals surface area contributed by atoms with Crippen molar-refractivity contribution in [3.63, 3.8) is 0 Å². The van der Waals surface area contributed by atoms with Crippen molar-refractivity contribution in [1.82, 2.24) is 14.9 Å². The molecule has 1 heterocycles. The molecule has 0 radical (unpaired) electrons. The summed E-state index contributed by atoms with van der Waals surface area (Å²) >= 11 is 0. The van der Waals surface area contributed by atoms with Gasteiger partial charge in [-0.2, -0.15) is 4.31 Å². The van der Waals surface area contributed by atoms with Gasteiger partial charge >= 0.3 is 0 Å². The lowest BCUT2D eigenvalue weighted by Crippen LogP contribution is -2.48. The monoisotopic (exact) mass is 399 g/mol. The topological polar surface area (TPSA) is 97.0 Å². The molecule has 1 aliphatic rings. The van der Waals surface area contributed by atoms with E-state index in [1.165, 1.54) is 16.4 Å². The molecule has 0 aliphatic carbocycles. The van der Waals surface area contributed by atoms with Gasteiger partial charge in [0.1, 0.15) is 0 Å². The first kappa shape index (κ1) is 21.8. The van der Waals surface area contributed by atoms with Gasteiger partial charge in [-0.3, -0.25) is 4.79 Å². The van der Waals surface area contributed by atoms with Crippen LogP contribution in [0.3, 0.4) is 0 Å². The Morgan fingerprint density at radius 3 is 2.59 bits per heavy atom. The molecule has 8 nitrogen and oxygen atoms in total. The van der Waals surface area contributed by atoms with Crippen LogP contribution in [0.4, 0.5) is 0 Å². The number of hydrogen-bond acceptors (Lipinski definition) is 6. The van der Waals surface area contributed by atoms with E-state index in [0.717, 1.165) is 0 Å². The van der Waals surface area contributed by atoms with E-state index in [4.69, 9.17) is 9.47 Å². The second-order valence-electron chi connectivity index (χ2n) is 6.61. The highest BCUT2D eigenvalue weighted by Crippen LogP contribution is 2.21. The van der Waals surface area contributed by atoms with E-state index in [0.29, 0.717) is 44.9 Å². The standard InChI is InChI=1S/C18H29N3O5S/c1-14-12-21(13-15(2)26-14)27(23,24)17-6-4-5-16(11-17)18(22)20-8-7-19-9-10-25-3/h4-6,11,14-15,19H,7-10,12-13H2,1-3H3,(H,20,22). The molecule has 152 valence electrons. The molecule has 0 bridgehead atoms. The third-order valence-electron chi connectivity index (χ3n) is 4.19. The van der Waals surface area contributed by atoms with Gasteiger partial charge in [0.25, 0.3) is 5.91 Å². The number of rotatable bonds is 9. The summed E-state index contributed by atoms with van der Waals surface area (Å²) in [5.41, 5.74) is 0.322. The van der Waals surface area contributed by atoms with Crippen molar-refractivity contribution in [1.29, 1.82) is 0 Å². The number of sulfonamides is 1. The van der Waals surface area contributed by atoms with Gasteiger partial charge in [-0.25, -0.2) is 8.42 Å². The van der Waals surface area contributed by atoms with Crippen LogP contribution in [0.2, 0.25) is 0 Å². The van der Waals surface area contributed by atoms with Crippen LogP contribution in [0, 0.1) is 0 Å². The van der Waals surface area contributed by atoms with E-state index >= 15 is 0 Å². The van der Waals surface area contributed by atoms with Crippen molar-refractivity contribution in [2.45, 2.75) is 31.0 Å². The zero-order valence-corrected chi connectivity index (χ0v) is 16.9. The van der Waals surface area contributed by atoms with Crippen LogP contribution in [0.15, 0.2) is 29.2 Å². The van der Waals surface area contributed by atoms with Crippen molar-refractivity contribution in [2.24, 2.45) is 0 Å². The Balaban J connectivity index is 2.00. The minimum atomic E-state index is -3.67. The summed E-state index contributed by atoms with van der Waals surface area (Å²) in [6.07, 6.45) is -0.332. The summed E-state index contributed by atoms with van der Waals surface area (Å²) in [4.78, 5) is 12.4. The van der Waals surface area contributed by atoms with Crippen molar-refractivity contribution in [3.05, 3.63) is 29.8 Å². The summed E-state index contributed by atoms with van der Waals surface area (Å²) in [5.74, 6) is -0.302. The zero-order chi connectivity index (χ0) is 19.9. The number of carbonyl (C=O) groups excluding carboxylic acids is 1. The number of nitrogens with zero attached hydrogens (tertiary/aromatic N) is 1. The Kier molecular flexibility index (Phi) is 8.18. The first-order valence-electron chi connectivity index (χ1n) is 9.08. The number of benzene rings is 1. The lowest BCUT2D eigenvalue weighted by molar-refractivity contribution is -0.0440. The third-order valence-corrected chi connectivity index (χ3v) is 6.02. The number of methoxy groups -OCH3 is 1. The van der Waals surface area contributed by atoms with E-state index in [2.05, 4.69) is 10.6 Å². The van der Waals surface area contributed by atoms with Gasteiger partial charge in [0, 0.05) is 45.4 Å². The number of ether oxygens (including phenoxy) is 2. The fraction of sp³-hybridized carbons (Fsp3) is 0.611. The smallest absolute Gasteiger partial charge is 0.251 e. The van der Waals surface area contributed by atoms with Crippen LogP contribution in [0.5, 0.6) is 0 Å². The average Bonchev–Trinajstić information content (AvgIpc) is 2.63. The second kappa shape index (κ2) is 10.1. The molecule has 0 aromatic heterocycles. The zero-order valence-electron chi connectivity index (χ0n) is 16.1. The highest BCUT2D eigenvalue weighted by molar-refractivity contribution is 7.89. The molecule has 2 unspecified atom stereocenters. The third kappa shape index (κ3) is 6.25. The molecule has 0 spiro atoms. The molecule has 2 atom stereocenters. The molecule has 1 fully saturated rings. The summed E-state index contributed by atoms with van der Waals surface area (Å²) in [6, 6.07) is 6.14. The van der Waals surface area contributed by atoms with Crippen LogP contribution >= 0.6 is 0 Å². The van der Waals surface area contributed by atoms with Crippen LogP contribution in [-0.2, 0) is 19.5 Å². The van der Waals surface area contributed by atoms with Crippen molar-refractivity contribution in [3.8, 4) is 0 Å². The van der Waals surface area contributed by atoms with Gasteiger partial charge < -0.3 is 20.1 Å². The fourth-order valence-electron chi connectivity index (χ4n) is 2.94. The van der Waals surface area contributed by atoms with Gasteiger partial charge in [0.15, 0.2) is 0 Å². The van der Waals surface area contributed by atoms with Crippen molar-refractivity contribution < 1.29 is 22.7 Å². The Bertz CT molecular complexity index is 715. The summed E-state index contributed by atoms with van der Waals surface area (Å²) < 4.78 is 37.8. The Labute approximate surface area is 161 Å². The largest absolute Gasteiger partial charge is 0.383 e. The van der Waals surface area contributed by atoms with Gasteiger partial charge in [-0.1, -0.05) is 6.07 Å². The van der Waals surface area contributed by atoms with E-state index < -0.39 is 10.0 Å². The highest BCUT2D eigenvalue weighted by atomic mass is 32.2. The van der Waals surface area contributed by atoms with E-state index in [-0.39, 0.29) is 23.0 Å². The molecule has 1 amide bonds. The molecule has 2 rings (SSSR count). The SMILES string of the molecule is COCCNCCNC(=O)c1cccc(S(=O)(=O)N2CC(C)OC(C)C2)c1. The minimum absolute atomic E-state index is 0.120. The van der Waals surface area contributed by atoms with Crippen LogP contribution in [0.25, 0.3) is 0 Å². The van der Waals surface area contributed by atoms with E-state index in [1.807, 2.05) is 13.8 Å². The molecule has 27 heavy (non-hydrogen) atoms. The molecular weight excluding hydrogens is 370 g/mol. The minimum Gasteiger partial charge on any atom is -0.383 e. The first-order valence-corrected chi connectivity index (χ1v) is 10.5. The van der Waals surface area contributed by atoms with Crippen LogP contribution in [0.1, 0.15) is 24.2 Å². The lowest BCUT2D eigenvalue weighted by atomic mass is 10.2. The molecular formula is C18H29N3O5S. The molecule has 9 heteroatoms. The predicted octanol–water partition coefficient (Wildman–Crippen LogP) is 0.450. The molecule has 1 saturated heterocycles. The predicted molar refractivity (Wildman–Crippen MR) is 102 cm³/mol. The number of morpholine rings is 1. The molecule has 1 aromatic rings. The van der Waals surface area contributed by atoms with Crippen LogP contribution < -0.4 is 10.6 Å². The summed E-state index contributed by atoms with van der Waals surface area (Å²) in [7, 11) is -2.04. The first-order chi connectivity index (χ1) is 12.8. The van der Waals surface area contributed by atoms with E-state index in [1.54, 1.807) is 19.2 Å². The van der Waals surface area contributed by atoms with Gasteiger partial charge in [0.2, 0.25) is 10.0 Å². The maximum Gasteiger partial charge on any atom is 0.251 e. The average molecular weight is 400 g/mol. The molecule has 0 saturated carbocycles.